The van der Waals surface area contributed by atoms with Gasteiger partial charge in [0.15, 0.2) is 5.96 Å². The van der Waals surface area contributed by atoms with Gasteiger partial charge in [0, 0.05) is 31.8 Å². The van der Waals surface area contributed by atoms with Crippen LogP contribution in [0.25, 0.3) is 0 Å². The fourth-order valence-electron chi connectivity index (χ4n) is 3.36. The van der Waals surface area contributed by atoms with Crippen LogP contribution in [0.3, 0.4) is 0 Å². The van der Waals surface area contributed by atoms with Crippen molar-refractivity contribution in [1.29, 1.82) is 0 Å². The average molecular weight is 557 g/mol. The predicted octanol–water partition coefficient (Wildman–Crippen LogP) is 4.13. The van der Waals surface area contributed by atoms with E-state index in [1.54, 1.807) is 11.3 Å². The molecule has 2 heterocycles. The molecule has 1 saturated heterocycles. The largest absolute Gasteiger partial charge is 0.376 e. The lowest BCUT2D eigenvalue weighted by Crippen LogP contribution is -2.39. The molecule has 0 bridgehead atoms. The number of halogens is 1. The number of carbonyl (C=O) groups excluding carboxylic acids is 1. The van der Waals surface area contributed by atoms with E-state index in [0.717, 1.165) is 44.1 Å². The number of ether oxygens (including phenoxy) is 1. The van der Waals surface area contributed by atoms with Crippen molar-refractivity contribution in [3.63, 3.8) is 0 Å². The molecule has 1 aromatic carbocycles. The van der Waals surface area contributed by atoms with E-state index in [2.05, 4.69) is 46.6 Å². The summed E-state index contributed by atoms with van der Waals surface area (Å²) in [7, 11) is 0. The molecule has 1 aliphatic rings. The number of hydrogen-bond donors (Lipinski definition) is 3. The van der Waals surface area contributed by atoms with Crippen LogP contribution in [-0.2, 0) is 11.3 Å². The monoisotopic (exact) mass is 556 g/mol. The highest BCUT2D eigenvalue weighted by Gasteiger charge is 2.16. The molecule has 2 unspecified atom stereocenters. The molecule has 1 fully saturated rings. The first kappa shape index (κ1) is 25.6. The Kier molecular flexibility index (Phi) is 11.3. The van der Waals surface area contributed by atoms with Crippen molar-refractivity contribution in [2.75, 3.05) is 26.2 Å². The third-order valence-corrected chi connectivity index (χ3v) is 5.86. The number of rotatable bonds is 9. The van der Waals surface area contributed by atoms with Crippen LogP contribution in [-0.4, -0.2) is 44.2 Å². The van der Waals surface area contributed by atoms with Crippen molar-refractivity contribution >= 4 is 47.2 Å². The Balaban J connectivity index is 0.00000341. The van der Waals surface area contributed by atoms with Crippen molar-refractivity contribution in [3.05, 3.63) is 57.8 Å². The number of aliphatic imine (C=N–C) groups is 1. The first-order valence-corrected chi connectivity index (χ1v) is 11.6. The first-order valence-electron chi connectivity index (χ1n) is 10.7. The number of hydrogen-bond acceptors (Lipinski definition) is 4. The second-order valence-corrected chi connectivity index (χ2v) is 8.36. The van der Waals surface area contributed by atoms with Gasteiger partial charge in [-0.1, -0.05) is 19.1 Å². The van der Waals surface area contributed by atoms with Gasteiger partial charge in [-0.3, -0.25) is 4.79 Å². The van der Waals surface area contributed by atoms with Crippen molar-refractivity contribution < 1.29 is 9.53 Å². The number of nitrogens with zero attached hydrogens (tertiary/aromatic N) is 1. The van der Waals surface area contributed by atoms with Crippen LogP contribution in [0.15, 0.2) is 46.1 Å². The van der Waals surface area contributed by atoms with Crippen LogP contribution in [0.1, 0.15) is 54.1 Å². The number of nitrogens with one attached hydrogen (secondary N) is 3. The van der Waals surface area contributed by atoms with Crippen LogP contribution >= 0.6 is 35.3 Å². The molecule has 8 heteroatoms. The van der Waals surface area contributed by atoms with Crippen LogP contribution in [0.2, 0.25) is 0 Å². The maximum atomic E-state index is 12.5. The quantitative estimate of drug-likeness (QED) is 0.247. The minimum atomic E-state index is -0.0639. The van der Waals surface area contributed by atoms with E-state index in [4.69, 9.17) is 9.73 Å². The Hall–Kier alpha value is -1.65. The van der Waals surface area contributed by atoms with Gasteiger partial charge in [0.1, 0.15) is 0 Å². The van der Waals surface area contributed by atoms with E-state index in [9.17, 15) is 4.79 Å². The smallest absolute Gasteiger partial charge is 0.251 e. The highest BCUT2D eigenvalue weighted by atomic mass is 127. The first-order chi connectivity index (χ1) is 14.7. The molecule has 2 aromatic rings. The molecular weight excluding hydrogens is 523 g/mol. The number of benzene rings is 1. The highest BCUT2D eigenvalue weighted by molar-refractivity contribution is 14.0. The second kappa shape index (κ2) is 13.7. The summed E-state index contributed by atoms with van der Waals surface area (Å²) >= 11 is 1.72. The van der Waals surface area contributed by atoms with Gasteiger partial charge < -0.3 is 20.7 Å². The van der Waals surface area contributed by atoms with Gasteiger partial charge in [-0.2, -0.15) is 11.3 Å². The molecule has 0 aliphatic carbocycles. The van der Waals surface area contributed by atoms with E-state index in [1.807, 2.05) is 24.3 Å². The van der Waals surface area contributed by atoms with Crippen molar-refractivity contribution in [3.8, 4) is 0 Å². The third kappa shape index (κ3) is 8.42. The molecule has 3 rings (SSSR count). The maximum absolute atomic E-state index is 12.5. The summed E-state index contributed by atoms with van der Waals surface area (Å²) < 4.78 is 5.57. The van der Waals surface area contributed by atoms with E-state index in [-0.39, 0.29) is 36.0 Å². The predicted molar refractivity (Wildman–Crippen MR) is 139 cm³/mol. The topological polar surface area (TPSA) is 74.8 Å². The van der Waals surface area contributed by atoms with Gasteiger partial charge in [-0.25, -0.2) is 4.99 Å². The normalized spacial score (nSPS) is 17.0. The Morgan fingerprint density at radius 3 is 2.87 bits per heavy atom. The zero-order chi connectivity index (χ0) is 21.2. The van der Waals surface area contributed by atoms with E-state index in [0.29, 0.717) is 24.6 Å². The van der Waals surface area contributed by atoms with E-state index >= 15 is 0 Å². The van der Waals surface area contributed by atoms with E-state index in [1.165, 1.54) is 5.56 Å². The molecule has 0 radical (unpaired) electrons. The fourth-order valence-corrected chi connectivity index (χ4v) is 4.14. The zero-order valence-electron chi connectivity index (χ0n) is 18.2. The Labute approximate surface area is 206 Å². The number of guanidine groups is 1. The zero-order valence-corrected chi connectivity index (χ0v) is 21.4. The minimum Gasteiger partial charge on any atom is -0.376 e. The second-order valence-electron chi connectivity index (χ2n) is 7.58. The summed E-state index contributed by atoms with van der Waals surface area (Å²) in [6, 6.07) is 9.81. The summed E-state index contributed by atoms with van der Waals surface area (Å²) in [5.74, 6) is 1.13. The molecule has 2 atom stereocenters. The number of carbonyl (C=O) groups is 1. The van der Waals surface area contributed by atoms with Gasteiger partial charge >= 0.3 is 0 Å². The molecule has 1 aromatic heterocycles. The molecule has 6 nitrogen and oxygen atoms in total. The summed E-state index contributed by atoms with van der Waals surface area (Å²) in [6.07, 6.45) is 2.23. The van der Waals surface area contributed by atoms with Gasteiger partial charge in [0.25, 0.3) is 5.91 Å². The SMILES string of the molecule is CCNC(=NCc1cccc(C(=O)NCC2CCCO2)c1)NCC(C)c1ccsc1.I. The Morgan fingerprint density at radius 1 is 1.29 bits per heavy atom. The van der Waals surface area contributed by atoms with Gasteiger partial charge in [0.05, 0.1) is 12.6 Å². The average Bonchev–Trinajstić information content (AvgIpc) is 3.48. The van der Waals surface area contributed by atoms with Gasteiger partial charge in [-0.15, -0.1) is 24.0 Å². The lowest BCUT2D eigenvalue weighted by atomic mass is 10.1. The van der Waals surface area contributed by atoms with Crippen molar-refractivity contribution in [2.24, 2.45) is 4.99 Å². The molecule has 1 amide bonds. The minimum absolute atomic E-state index is 0. The Bertz CT molecular complexity index is 823. The summed E-state index contributed by atoms with van der Waals surface area (Å²) in [5.41, 5.74) is 3.00. The Morgan fingerprint density at radius 2 is 2.16 bits per heavy atom. The van der Waals surface area contributed by atoms with Crippen LogP contribution in [0, 0.1) is 0 Å². The molecule has 1 aliphatic heterocycles. The highest BCUT2D eigenvalue weighted by Crippen LogP contribution is 2.17. The lowest BCUT2D eigenvalue weighted by Gasteiger charge is -2.15. The summed E-state index contributed by atoms with van der Waals surface area (Å²) in [4.78, 5) is 17.1. The molecule has 0 saturated carbocycles. The van der Waals surface area contributed by atoms with Crippen LogP contribution in [0.5, 0.6) is 0 Å². The van der Waals surface area contributed by atoms with Crippen LogP contribution in [0.4, 0.5) is 0 Å². The standard InChI is InChI=1S/C23H32N4O2S.HI/c1-3-24-23(26-13-17(2)20-9-11-30-16-20)27-14-18-6-4-7-19(12-18)22(28)25-15-21-8-5-10-29-21;/h4,6-7,9,11-12,16-17,21H,3,5,8,10,13-15H2,1-2H3,(H,25,28)(H2,24,26,27);1H. The molecule has 0 spiro atoms. The third-order valence-electron chi connectivity index (χ3n) is 5.16. The number of thiophene rings is 1. The molecule has 31 heavy (non-hydrogen) atoms. The van der Waals surface area contributed by atoms with Crippen molar-refractivity contribution in [1.82, 2.24) is 16.0 Å². The van der Waals surface area contributed by atoms with Gasteiger partial charge in [-0.05, 0) is 65.8 Å². The molecule has 170 valence electrons. The van der Waals surface area contributed by atoms with E-state index < -0.39 is 0 Å². The maximum Gasteiger partial charge on any atom is 0.251 e. The lowest BCUT2D eigenvalue weighted by molar-refractivity contribution is 0.0857. The van der Waals surface area contributed by atoms with Crippen LogP contribution < -0.4 is 16.0 Å². The van der Waals surface area contributed by atoms with Gasteiger partial charge in [0.2, 0.25) is 0 Å². The number of amides is 1. The van der Waals surface area contributed by atoms with Crippen molar-refractivity contribution in [2.45, 2.75) is 45.3 Å². The summed E-state index contributed by atoms with van der Waals surface area (Å²) in [5, 5.41) is 14.0. The molecule has 3 N–H and O–H groups in total. The summed E-state index contributed by atoms with van der Waals surface area (Å²) in [6.45, 7) is 7.74. The molecular formula is C23H33IN4O2S. The fraction of sp³-hybridized carbons (Fsp3) is 0.478.